The van der Waals surface area contributed by atoms with E-state index in [1.807, 2.05) is 6.92 Å². The van der Waals surface area contributed by atoms with Crippen LogP contribution in [0.2, 0.25) is 0 Å². The number of nitrogens with one attached hydrogen (secondary N) is 9. The molecule has 14 amide bonds. The Morgan fingerprint density at radius 1 is 0.707 bits per heavy atom. The summed E-state index contributed by atoms with van der Waals surface area (Å²) in [6.45, 7) is 15.3. The lowest BCUT2D eigenvalue weighted by Crippen LogP contribution is -2.55. The zero-order chi connectivity index (χ0) is 94.9. The van der Waals surface area contributed by atoms with Crippen LogP contribution in [0.4, 0.5) is 38.4 Å². The van der Waals surface area contributed by atoms with Crippen LogP contribution in [-0.4, -0.2) is 277 Å². The van der Waals surface area contributed by atoms with Crippen LogP contribution in [0.5, 0.6) is 5.75 Å². The number of hydrogen-bond donors (Lipinski definition) is 10. The molecular formula is C95H133N17O21. The van der Waals surface area contributed by atoms with E-state index >= 15 is 0 Å². The van der Waals surface area contributed by atoms with Gasteiger partial charge in [0, 0.05) is 132 Å². The van der Waals surface area contributed by atoms with Gasteiger partial charge >= 0.3 is 12.1 Å². The molecule has 38 heteroatoms. The van der Waals surface area contributed by atoms with Crippen molar-refractivity contribution >= 4 is 106 Å². The largest absolute Gasteiger partial charge is 0.495 e. The second kappa shape index (κ2) is 51.1. The maximum atomic E-state index is 14.0. The van der Waals surface area contributed by atoms with Crippen LogP contribution < -0.4 is 68.1 Å². The van der Waals surface area contributed by atoms with Gasteiger partial charge in [0.05, 0.1) is 97.7 Å². The molecule has 3 saturated heterocycles. The van der Waals surface area contributed by atoms with E-state index < -0.39 is 71.7 Å². The Balaban J connectivity index is 0.575. The summed E-state index contributed by atoms with van der Waals surface area (Å²) in [5.74, 6) is 3.92. The first-order chi connectivity index (χ1) is 64.3. The summed E-state index contributed by atoms with van der Waals surface area (Å²) in [5, 5.41) is 25.3. The lowest BCUT2D eigenvalue weighted by molar-refractivity contribution is -0.140. The standard InChI is InChI=1S/C95H133N17O21/c1-8-75-91(123)108(6)77-58-99-93(107-84(77)112(75)70-16-11-12-17-70)104-73-29-23-64(55-78(73)126-7)85(117)100-69-32-39-109(40-33-69)42-46-127-43-35-68(28-22-63-15-13-18-71-72(63)59-111(90(71)122)76-30-31-80(114)106-87(76)119)102-94(125)133-60-62-20-26-67(27-21-62)101-86(118)74(19-14-37-98-92(96)124)103-88(120)83(61(4)5)105-81(115)36-44-128-47-49-130-51-53-132-54-52-131-50-48-129-45-38-97-79(113)34-41-110-82(116)56-65(89(110)121)57-95(9-2,10-3)66-24-25-66/h13,15,18,20-21,23,26-27,29,55,58,61,65-66,68-70,74-76,83H,8-12,14,16-17,19,24-25,30-54,56-57,59-60H2,1-7H3,(H,97,113)(H,100,117)(H,101,118)(H,102,125)(H,103,120)(H,105,115)(H3,96,98,124)(H,99,104,107)(H,106,114,119)/t65?,68?,74-,75+,76?,83-/m0/s1. The maximum Gasteiger partial charge on any atom is 0.408 e. The summed E-state index contributed by atoms with van der Waals surface area (Å²) in [6.07, 6.45) is 13.2. The summed E-state index contributed by atoms with van der Waals surface area (Å²) in [4.78, 5) is 189. The molecule has 133 heavy (non-hydrogen) atoms. The van der Waals surface area contributed by atoms with E-state index in [-0.39, 0.29) is 182 Å². The van der Waals surface area contributed by atoms with Crippen molar-refractivity contribution in [2.45, 2.75) is 218 Å². The van der Waals surface area contributed by atoms with Gasteiger partial charge in [-0.15, -0.1) is 0 Å². The number of carbonyl (C=O) groups is 13. The van der Waals surface area contributed by atoms with Crippen LogP contribution in [0.15, 0.2) is 66.9 Å². The number of likely N-dealkylation sites (N-methyl/N-ethyl adjacent to an activating group) is 1. The third kappa shape index (κ3) is 29.5. The zero-order valence-electron chi connectivity index (χ0n) is 77.7. The van der Waals surface area contributed by atoms with Crippen molar-refractivity contribution in [2.75, 3.05) is 153 Å². The second-order valence-electron chi connectivity index (χ2n) is 35.1. The molecule has 3 unspecified atom stereocenters. The number of nitrogens with zero attached hydrogens (tertiary/aromatic N) is 7. The highest BCUT2D eigenvalue weighted by atomic mass is 16.6. The van der Waals surface area contributed by atoms with E-state index in [0.717, 1.165) is 44.9 Å². The number of amides is 14. The average Bonchev–Trinajstić information content (AvgIpc) is 1.76. The number of likely N-dealkylation sites (tertiary alicyclic amines) is 2. The van der Waals surface area contributed by atoms with Crippen LogP contribution in [0.1, 0.15) is 200 Å². The third-order valence-electron chi connectivity index (χ3n) is 25.8. The number of carbonyl (C=O) groups excluding carboxylic acids is 13. The minimum atomic E-state index is -1.13. The van der Waals surface area contributed by atoms with Crippen LogP contribution in [0, 0.1) is 35.0 Å². The number of fused-ring (bicyclic) bond motifs is 2. The molecule has 6 heterocycles. The van der Waals surface area contributed by atoms with E-state index in [0.29, 0.717) is 153 Å². The van der Waals surface area contributed by atoms with Gasteiger partial charge in [-0.1, -0.05) is 90.3 Å². The molecule has 0 spiro atoms. The first-order valence-electron chi connectivity index (χ1n) is 47.0. The molecule has 6 atom stereocenters. The maximum absolute atomic E-state index is 14.0. The van der Waals surface area contributed by atoms with Gasteiger partial charge in [0.1, 0.15) is 42.2 Å². The minimum Gasteiger partial charge on any atom is -0.495 e. The van der Waals surface area contributed by atoms with Gasteiger partial charge in [-0.2, -0.15) is 4.98 Å². The predicted octanol–water partition coefficient (Wildman–Crippen LogP) is 6.41. The summed E-state index contributed by atoms with van der Waals surface area (Å²) in [7, 11) is 3.30. The minimum absolute atomic E-state index is 0.0293. The van der Waals surface area contributed by atoms with Crippen LogP contribution in [-0.2, 0) is 89.5 Å². The Morgan fingerprint density at radius 3 is 2.06 bits per heavy atom. The first-order valence-corrected chi connectivity index (χ1v) is 47.0. The quantitative estimate of drug-likeness (QED) is 0.0130. The number of urea groups is 1. The SMILES string of the molecule is CC[C@@H]1C(=O)N(C)c2cnc(Nc3ccc(C(=O)NC4CCN(CCOCCC(C#Cc5cccc6c5CN(C5CCC(=O)NC5=O)C6=O)NC(=O)OCc5ccc(NC(=O)[C@H](CCCNC(N)=O)NC(=O)[C@@H](NC(=O)CCOCCOCCOCCOCCOCCNC(=O)CCN6C(=O)CC(CC(CC)(CC)C7CC7)C6=O)C(C)C)cc5)CC4)cc3OC)nc2N1C1CCCC1. The Kier molecular flexibility index (Phi) is 39.2. The average molecular weight is 1850 g/mol. The topological polar surface area (TPSA) is 472 Å². The Hall–Kier alpha value is -11.5. The lowest BCUT2D eigenvalue weighted by atomic mass is 9.71. The van der Waals surface area contributed by atoms with Gasteiger partial charge in [-0.05, 0) is 141 Å². The molecule has 2 saturated carbocycles. The summed E-state index contributed by atoms with van der Waals surface area (Å²) in [5.41, 5.74) is 9.43. The van der Waals surface area contributed by atoms with Crippen LogP contribution in [0.25, 0.3) is 0 Å². The molecule has 11 N–H and O–H groups in total. The van der Waals surface area contributed by atoms with Gasteiger partial charge in [-0.3, -0.25) is 63.0 Å². The number of primary amides is 1. The highest BCUT2D eigenvalue weighted by Gasteiger charge is 2.49. The number of aromatic nitrogens is 2. The number of nitrogens with two attached hydrogens (primary N) is 1. The molecular weight excluding hydrogens is 1720 g/mol. The van der Waals surface area contributed by atoms with Gasteiger partial charge in [-0.25, -0.2) is 14.6 Å². The molecule has 4 aromatic rings. The Morgan fingerprint density at radius 2 is 1.40 bits per heavy atom. The highest BCUT2D eigenvalue weighted by molar-refractivity contribution is 6.07. The molecule has 0 bridgehead atoms. The number of piperidine rings is 2. The van der Waals surface area contributed by atoms with Gasteiger partial charge in [0.2, 0.25) is 59.1 Å². The van der Waals surface area contributed by atoms with Crippen molar-refractivity contribution in [3.63, 3.8) is 0 Å². The smallest absolute Gasteiger partial charge is 0.408 e. The van der Waals surface area contributed by atoms with Crippen molar-refractivity contribution in [3.05, 3.63) is 94.7 Å². The van der Waals surface area contributed by atoms with Gasteiger partial charge in [0.15, 0.2) is 5.82 Å². The van der Waals surface area contributed by atoms with Crippen LogP contribution in [0.3, 0.4) is 0 Å². The van der Waals surface area contributed by atoms with E-state index in [4.69, 9.17) is 48.6 Å². The molecule has 0 radical (unpaired) electrons. The van der Waals surface area contributed by atoms with Crippen molar-refractivity contribution in [3.8, 4) is 17.6 Å². The monoisotopic (exact) mass is 1850 g/mol. The van der Waals surface area contributed by atoms with E-state index in [2.05, 4.69) is 88.3 Å². The summed E-state index contributed by atoms with van der Waals surface area (Å²) >= 11 is 0. The fourth-order valence-electron chi connectivity index (χ4n) is 18.0. The fourth-order valence-corrected chi connectivity index (χ4v) is 18.0. The van der Waals surface area contributed by atoms with Crippen molar-refractivity contribution < 1.29 is 100 Å². The Labute approximate surface area is 777 Å². The van der Waals surface area contributed by atoms with Crippen molar-refractivity contribution in [1.82, 2.24) is 61.9 Å². The van der Waals surface area contributed by atoms with Gasteiger partial charge < -0.3 is 106 Å². The normalized spacial score (nSPS) is 18.3. The molecule has 3 aromatic carbocycles. The summed E-state index contributed by atoms with van der Waals surface area (Å²) < 4.78 is 45.6. The third-order valence-corrected chi connectivity index (χ3v) is 25.8. The number of imide groups is 2. The number of rotatable bonds is 53. The number of ether oxygens (including phenoxy) is 8. The molecule has 11 rings (SSSR count). The van der Waals surface area contributed by atoms with Crippen molar-refractivity contribution in [2.24, 2.45) is 28.9 Å². The summed E-state index contributed by atoms with van der Waals surface area (Å²) in [6, 6.07) is 11.9. The first kappa shape index (κ1) is 102. The second-order valence-corrected chi connectivity index (χ2v) is 35.1. The molecule has 1 aromatic heterocycles. The number of hydrogen-bond acceptors (Lipinski definition) is 26. The molecule has 2 aliphatic carbocycles. The van der Waals surface area contributed by atoms with Gasteiger partial charge in [0.25, 0.3) is 11.8 Å². The number of alkyl carbamates (subject to hydrolysis) is 1. The van der Waals surface area contributed by atoms with E-state index in [1.165, 1.54) is 29.8 Å². The molecule has 5 fully saturated rings. The molecule has 7 aliphatic rings. The molecule has 5 aliphatic heterocycles. The van der Waals surface area contributed by atoms with Crippen LogP contribution >= 0.6 is 0 Å². The van der Waals surface area contributed by atoms with E-state index in [9.17, 15) is 62.3 Å². The predicted molar refractivity (Wildman–Crippen MR) is 491 cm³/mol. The molecule has 724 valence electrons. The highest BCUT2D eigenvalue weighted by Crippen LogP contribution is 2.54. The number of methoxy groups -OCH3 is 1. The zero-order valence-corrected chi connectivity index (χ0v) is 77.7. The Bertz CT molecular complexity index is 4740. The van der Waals surface area contributed by atoms with Crippen molar-refractivity contribution in [1.29, 1.82) is 0 Å². The lowest BCUT2D eigenvalue weighted by Gasteiger charge is -2.43. The number of anilines is 5. The van der Waals surface area contributed by atoms with E-state index in [1.54, 1.807) is 92.7 Å². The molecule has 38 nitrogen and oxygen atoms in total. The fraction of sp³-hybridized carbons (Fsp3) is 0.611. The number of benzene rings is 3.